The first-order valence-corrected chi connectivity index (χ1v) is 8.47. The molecule has 0 amide bonds. The van der Waals surface area contributed by atoms with Crippen LogP contribution in [0, 0.1) is 5.41 Å². The van der Waals surface area contributed by atoms with Gasteiger partial charge >= 0.3 is 0 Å². The molecule has 0 atom stereocenters. The van der Waals surface area contributed by atoms with Crippen LogP contribution in [0.1, 0.15) is 48.8 Å². The highest BCUT2D eigenvalue weighted by Gasteiger charge is 2.30. The van der Waals surface area contributed by atoms with Crippen molar-refractivity contribution in [3.8, 4) is 0 Å². The van der Waals surface area contributed by atoms with E-state index in [1.165, 1.54) is 41.9 Å². The molecule has 0 spiro atoms. The lowest BCUT2D eigenvalue weighted by Crippen LogP contribution is -2.37. The summed E-state index contributed by atoms with van der Waals surface area (Å²) in [7, 11) is 0. The molecule has 3 heteroatoms. The predicted octanol–water partition coefficient (Wildman–Crippen LogP) is 4.59. The Balaban J connectivity index is 1.79. The molecule has 0 radical (unpaired) electrons. The average Bonchev–Trinajstić information content (AvgIpc) is 2.88. The second-order valence-electron chi connectivity index (χ2n) is 5.52. The maximum absolute atomic E-state index is 6.21. The highest BCUT2D eigenvalue weighted by atomic mass is 35.5. The van der Waals surface area contributed by atoms with Gasteiger partial charge in [0.15, 0.2) is 0 Å². The number of halogens is 1. The largest absolute Gasteiger partial charge is 0.311 e. The minimum absolute atomic E-state index is 0.366. The molecule has 0 aliphatic heterocycles. The molecule has 0 saturated heterocycles. The van der Waals surface area contributed by atoms with Crippen molar-refractivity contribution in [1.29, 1.82) is 0 Å². The number of hydrogen-bond acceptors (Lipinski definition) is 2. The third-order valence-electron chi connectivity index (χ3n) is 4.06. The first-order valence-electron chi connectivity index (χ1n) is 7.12. The Kier molecular flexibility index (Phi) is 5.53. The second kappa shape index (κ2) is 6.93. The van der Waals surface area contributed by atoms with E-state index in [4.69, 9.17) is 11.6 Å². The van der Waals surface area contributed by atoms with Gasteiger partial charge in [-0.15, -0.1) is 22.9 Å². The third-order valence-corrected chi connectivity index (χ3v) is 5.86. The van der Waals surface area contributed by atoms with Crippen LogP contribution in [-0.2, 0) is 13.0 Å². The van der Waals surface area contributed by atoms with Gasteiger partial charge in [-0.1, -0.05) is 26.2 Å². The van der Waals surface area contributed by atoms with Gasteiger partial charge in [-0.2, -0.15) is 0 Å². The molecule has 1 nitrogen and oxygen atoms in total. The van der Waals surface area contributed by atoms with Gasteiger partial charge in [0.2, 0.25) is 0 Å². The van der Waals surface area contributed by atoms with Crippen LogP contribution < -0.4 is 5.32 Å². The van der Waals surface area contributed by atoms with Crippen LogP contribution in [0.15, 0.2) is 12.1 Å². The molecular formula is C15H24ClNS. The van der Waals surface area contributed by atoms with Crippen molar-refractivity contribution in [3.63, 3.8) is 0 Å². The average molecular weight is 286 g/mol. The van der Waals surface area contributed by atoms with Crippen LogP contribution in [0.5, 0.6) is 0 Å². The minimum atomic E-state index is 0.366. The summed E-state index contributed by atoms with van der Waals surface area (Å²) in [6, 6.07) is 4.50. The van der Waals surface area contributed by atoms with Gasteiger partial charge in [0.1, 0.15) is 0 Å². The Labute approximate surface area is 120 Å². The fraction of sp³-hybridized carbons (Fsp3) is 0.733. The number of hydrogen-bond donors (Lipinski definition) is 1. The Morgan fingerprint density at radius 3 is 2.56 bits per heavy atom. The van der Waals surface area contributed by atoms with Gasteiger partial charge < -0.3 is 5.32 Å². The zero-order valence-electron chi connectivity index (χ0n) is 11.3. The fourth-order valence-corrected chi connectivity index (χ4v) is 4.11. The number of alkyl halides is 1. The van der Waals surface area contributed by atoms with Crippen molar-refractivity contribution in [2.24, 2.45) is 5.41 Å². The molecule has 1 N–H and O–H groups in total. The summed E-state index contributed by atoms with van der Waals surface area (Å²) < 4.78 is 0. The second-order valence-corrected chi connectivity index (χ2v) is 7.04. The molecule has 1 aromatic heterocycles. The van der Waals surface area contributed by atoms with E-state index in [0.717, 1.165) is 25.4 Å². The topological polar surface area (TPSA) is 12.0 Å². The molecule has 102 valence electrons. The quantitative estimate of drug-likeness (QED) is 0.754. The molecule has 2 rings (SSSR count). The molecular weight excluding hydrogens is 262 g/mol. The Morgan fingerprint density at radius 2 is 1.94 bits per heavy atom. The van der Waals surface area contributed by atoms with Crippen LogP contribution in [0.2, 0.25) is 0 Å². The van der Waals surface area contributed by atoms with E-state index in [0.29, 0.717) is 5.41 Å². The number of nitrogens with one attached hydrogen (secondary N) is 1. The lowest BCUT2D eigenvalue weighted by Gasteiger charge is -2.35. The lowest BCUT2D eigenvalue weighted by molar-refractivity contribution is 0.212. The summed E-state index contributed by atoms with van der Waals surface area (Å²) in [5, 5.41) is 3.63. The highest BCUT2D eigenvalue weighted by Crippen LogP contribution is 2.36. The first-order chi connectivity index (χ1) is 8.78. The molecule has 1 fully saturated rings. The molecule has 1 aliphatic rings. The van der Waals surface area contributed by atoms with E-state index >= 15 is 0 Å². The highest BCUT2D eigenvalue weighted by molar-refractivity contribution is 7.11. The summed E-state index contributed by atoms with van der Waals surface area (Å²) in [6.07, 6.45) is 7.85. The lowest BCUT2D eigenvalue weighted by atomic mass is 9.75. The molecule has 18 heavy (non-hydrogen) atoms. The first kappa shape index (κ1) is 14.4. The molecule has 1 aromatic rings. The van der Waals surface area contributed by atoms with Crippen molar-refractivity contribution in [3.05, 3.63) is 21.9 Å². The van der Waals surface area contributed by atoms with Crippen molar-refractivity contribution in [2.75, 3.05) is 12.4 Å². The fourth-order valence-electron chi connectivity index (χ4n) is 2.82. The van der Waals surface area contributed by atoms with Crippen molar-refractivity contribution < 1.29 is 0 Å². The number of aryl methyl sites for hydroxylation is 1. The van der Waals surface area contributed by atoms with Crippen molar-refractivity contribution >= 4 is 22.9 Å². The van der Waals surface area contributed by atoms with Crippen LogP contribution in [0.3, 0.4) is 0 Å². The van der Waals surface area contributed by atoms with E-state index in [-0.39, 0.29) is 0 Å². The van der Waals surface area contributed by atoms with Crippen molar-refractivity contribution in [1.82, 2.24) is 5.32 Å². The minimum Gasteiger partial charge on any atom is -0.311 e. The zero-order valence-corrected chi connectivity index (χ0v) is 12.9. The van der Waals surface area contributed by atoms with Gasteiger partial charge in [0, 0.05) is 28.7 Å². The standard InChI is InChI=1S/C15H24ClNS/c1-2-13-6-7-14(18-13)10-17-12-15(11-16)8-4-3-5-9-15/h6-7,17H,2-5,8-12H2,1H3. The maximum atomic E-state index is 6.21. The Bertz CT molecular complexity index is 355. The van der Waals surface area contributed by atoms with Gasteiger partial charge in [0.25, 0.3) is 0 Å². The molecule has 0 aromatic carbocycles. The summed E-state index contributed by atoms with van der Waals surface area (Å²) in [6.45, 7) is 4.30. The van der Waals surface area contributed by atoms with Crippen molar-refractivity contribution in [2.45, 2.75) is 52.0 Å². The number of thiophene rings is 1. The molecule has 0 bridgehead atoms. The van der Waals surface area contributed by atoms with E-state index in [1.807, 2.05) is 11.3 Å². The van der Waals surface area contributed by atoms with E-state index in [2.05, 4.69) is 24.4 Å². The SMILES string of the molecule is CCc1ccc(CNCC2(CCl)CCCCC2)s1. The Morgan fingerprint density at radius 1 is 1.22 bits per heavy atom. The normalized spacial score (nSPS) is 19.0. The van der Waals surface area contributed by atoms with Crippen LogP contribution in [0.25, 0.3) is 0 Å². The van der Waals surface area contributed by atoms with Crippen LogP contribution in [0.4, 0.5) is 0 Å². The monoisotopic (exact) mass is 285 g/mol. The summed E-state index contributed by atoms with van der Waals surface area (Å²) >= 11 is 8.14. The summed E-state index contributed by atoms with van der Waals surface area (Å²) in [5.74, 6) is 0.810. The smallest absolute Gasteiger partial charge is 0.0300 e. The van der Waals surface area contributed by atoms with Crippen LogP contribution in [-0.4, -0.2) is 12.4 Å². The predicted molar refractivity (Wildman–Crippen MR) is 81.6 cm³/mol. The van der Waals surface area contributed by atoms with Gasteiger partial charge in [0.05, 0.1) is 0 Å². The van der Waals surface area contributed by atoms with Gasteiger partial charge in [-0.3, -0.25) is 0 Å². The summed E-state index contributed by atoms with van der Waals surface area (Å²) in [5.41, 5.74) is 0.366. The third kappa shape index (κ3) is 3.72. The zero-order chi connectivity index (χ0) is 12.8. The van der Waals surface area contributed by atoms with E-state index < -0.39 is 0 Å². The molecule has 1 saturated carbocycles. The summed E-state index contributed by atoms with van der Waals surface area (Å²) in [4.78, 5) is 2.93. The van der Waals surface area contributed by atoms with Gasteiger partial charge in [-0.25, -0.2) is 0 Å². The number of rotatable bonds is 6. The van der Waals surface area contributed by atoms with Gasteiger partial charge in [-0.05, 0) is 36.8 Å². The maximum Gasteiger partial charge on any atom is 0.0300 e. The molecule has 0 unspecified atom stereocenters. The Hall–Kier alpha value is -0.0500. The van der Waals surface area contributed by atoms with Crippen LogP contribution >= 0.6 is 22.9 Å². The van der Waals surface area contributed by atoms with E-state index in [1.54, 1.807) is 0 Å². The molecule has 1 aliphatic carbocycles. The molecule has 1 heterocycles. The van der Waals surface area contributed by atoms with E-state index in [9.17, 15) is 0 Å².